The van der Waals surface area contributed by atoms with Crippen molar-refractivity contribution in [3.8, 4) is 0 Å². The highest BCUT2D eigenvalue weighted by atomic mass is 32.2. The van der Waals surface area contributed by atoms with Crippen molar-refractivity contribution < 1.29 is 13.6 Å². The van der Waals surface area contributed by atoms with Gasteiger partial charge in [-0.2, -0.15) is 0 Å². The number of oxime groups is 1. The third-order valence-corrected chi connectivity index (χ3v) is 5.38. The molecule has 0 atom stereocenters. The van der Waals surface area contributed by atoms with Gasteiger partial charge in [0.25, 0.3) is 0 Å². The Balaban J connectivity index is 2.63. The van der Waals surface area contributed by atoms with Crippen LogP contribution in [-0.2, 0) is 10.0 Å². The van der Waals surface area contributed by atoms with E-state index in [0.717, 1.165) is 0 Å². The van der Waals surface area contributed by atoms with Gasteiger partial charge in [-0.05, 0) is 18.3 Å². The molecule has 0 amide bonds. The molecule has 0 radical (unpaired) electrons. The number of nitrogens with zero attached hydrogens (tertiary/aromatic N) is 2. The molecule has 0 unspecified atom stereocenters. The van der Waals surface area contributed by atoms with Crippen LogP contribution >= 0.6 is 0 Å². The van der Waals surface area contributed by atoms with E-state index in [2.05, 4.69) is 5.16 Å². The summed E-state index contributed by atoms with van der Waals surface area (Å²) in [6.07, 6.45) is 1.22. The third-order valence-electron chi connectivity index (χ3n) is 3.00. The second-order valence-electron chi connectivity index (χ2n) is 6.02. The maximum atomic E-state index is 12.2. The summed E-state index contributed by atoms with van der Waals surface area (Å²) >= 11 is 0. The number of sulfonamides is 1. The molecule has 0 spiro atoms. The molecule has 1 saturated heterocycles. The van der Waals surface area contributed by atoms with Crippen molar-refractivity contribution in [3.05, 3.63) is 0 Å². The summed E-state index contributed by atoms with van der Waals surface area (Å²) in [5.41, 5.74) is 5.29. The highest BCUT2D eigenvalue weighted by Crippen LogP contribution is 2.24. The first kappa shape index (κ1) is 15.2. The first-order valence-corrected chi connectivity index (χ1v) is 7.72. The molecule has 0 aromatic rings. The van der Waals surface area contributed by atoms with Crippen molar-refractivity contribution in [2.45, 2.75) is 33.6 Å². The van der Waals surface area contributed by atoms with Crippen LogP contribution in [0.3, 0.4) is 0 Å². The average Bonchev–Trinajstić information content (AvgIpc) is 2.25. The van der Waals surface area contributed by atoms with E-state index in [1.54, 1.807) is 0 Å². The minimum Gasteiger partial charge on any atom is -0.409 e. The molecular formula is C11H23N3O3S. The Kier molecular flexibility index (Phi) is 4.61. The molecule has 1 fully saturated rings. The Bertz CT molecular complexity index is 404. The van der Waals surface area contributed by atoms with Crippen molar-refractivity contribution in [1.29, 1.82) is 0 Å². The predicted octanol–water partition coefficient (Wildman–Crippen LogP) is 0.821. The molecule has 1 rings (SSSR count). The molecule has 1 heterocycles. The lowest BCUT2D eigenvalue weighted by Crippen LogP contribution is -2.44. The van der Waals surface area contributed by atoms with E-state index in [4.69, 9.17) is 10.9 Å². The zero-order valence-corrected chi connectivity index (χ0v) is 12.1. The summed E-state index contributed by atoms with van der Waals surface area (Å²) in [6.45, 7) is 6.62. The number of amidine groups is 1. The van der Waals surface area contributed by atoms with Crippen LogP contribution in [-0.4, -0.2) is 42.6 Å². The van der Waals surface area contributed by atoms with Crippen LogP contribution in [0.25, 0.3) is 0 Å². The van der Waals surface area contributed by atoms with Crippen LogP contribution in [0.1, 0.15) is 33.6 Å². The summed E-state index contributed by atoms with van der Waals surface area (Å²) in [4.78, 5) is 0. The molecule has 3 N–H and O–H groups in total. The Morgan fingerprint density at radius 3 is 2.28 bits per heavy atom. The largest absolute Gasteiger partial charge is 0.409 e. The molecule has 18 heavy (non-hydrogen) atoms. The van der Waals surface area contributed by atoms with Gasteiger partial charge < -0.3 is 10.9 Å². The SMILES string of the molecule is CC(C)(C)CS(=O)(=O)N1CCC(C(N)=NO)CC1. The smallest absolute Gasteiger partial charge is 0.214 e. The van der Waals surface area contributed by atoms with Gasteiger partial charge in [-0.1, -0.05) is 25.9 Å². The average molecular weight is 277 g/mol. The van der Waals surface area contributed by atoms with Gasteiger partial charge in [0.05, 0.1) is 5.75 Å². The van der Waals surface area contributed by atoms with Crippen LogP contribution < -0.4 is 5.73 Å². The van der Waals surface area contributed by atoms with Crippen LogP contribution in [0.5, 0.6) is 0 Å². The summed E-state index contributed by atoms with van der Waals surface area (Å²) in [5.74, 6) is 0.327. The minimum absolute atomic E-state index is 0.0175. The van der Waals surface area contributed by atoms with Gasteiger partial charge in [0.15, 0.2) is 0 Å². The molecule has 0 saturated carbocycles. The van der Waals surface area contributed by atoms with Crippen LogP contribution in [0.15, 0.2) is 5.16 Å². The minimum atomic E-state index is -3.21. The van der Waals surface area contributed by atoms with Crippen molar-refractivity contribution >= 4 is 15.9 Å². The van der Waals surface area contributed by atoms with E-state index in [-0.39, 0.29) is 22.9 Å². The number of hydrogen-bond acceptors (Lipinski definition) is 4. The first-order chi connectivity index (χ1) is 8.15. The Hall–Kier alpha value is -0.820. The second kappa shape index (κ2) is 5.44. The van der Waals surface area contributed by atoms with Crippen molar-refractivity contribution in [1.82, 2.24) is 4.31 Å². The van der Waals surface area contributed by atoms with E-state index < -0.39 is 10.0 Å². The van der Waals surface area contributed by atoms with E-state index in [9.17, 15) is 8.42 Å². The predicted molar refractivity (Wildman–Crippen MR) is 70.9 cm³/mol. The molecule has 6 nitrogen and oxygen atoms in total. The van der Waals surface area contributed by atoms with Gasteiger partial charge in [0.1, 0.15) is 5.84 Å². The fourth-order valence-electron chi connectivity index (χ4n) is 2.15. The molecule has 7 heteroatoms. The molecule has 1 aliphatic heterocycles. The highest BCUT2D eigenvalue weighted by Gasteiger charge is 2.32. The fraction of sp³-hybridized carbons (Fsp3) is 0.909. The van der Waals surface area contributed by atoms with Crippen LogP contribution in [0, 0.1) is 11.3 Å². The van der Waals surface area contributed by atoms with E-state index in [0.29, 0.717) is 25.9 Å². The lowest BCUT2D eigenvalue weighted by Gasteiger charge is -2.32. The van der Waals surface area contributed by atoms with E-state index in [1.165, 1.54) is 4.31 Å². The molecule has 0 aliphatic carbocycles. The van der Waals surface area contributed by atoms with Crippen LogP contribution in [0.4, 0.5) is 0 Å². The Labute approximate surface area is 109 Å². The van der Waals surface area contributed by atoms with Gasteiger partial charge in [0, 0.05) is 19.0 Å². The molecule has 0 bridgehead atoms. The normalized spacial score (nSPS) is 21.2. The standard InChI is InChI=1S/C11H23N3O3S/c1-11(2,3)8-18(16,17)14-6-4-9(5-7-14)10(12)13-15/h9,15H,4-8H2,1-3H3,(H2,12,13). The number of nitrogens with two attached hydrogens (primary N) is 1. The quantitative estimate of drug-likeness (QED) is 0.345. The summed E-state index contributed by atoms with van der Waals surface area (Å²) in [6, 6.07) is 0. The van der Waals surface area contributed by atoms with Gasteiger partial charge >= 0.3 is 0 Å². The van der Waals surface area contributed by atoms with E-state index >= 15 is 0 Å². The zero-order valence-electron chi connectivity index (χ0n) is 11.3. The van der Waals surface area contributed by atoms with Crippen molar-refractivity contribution in [3.63, 3.8) is 0 Å². The summed E-state index contributed by atoms with van der Waals surface area (Å²) < 4.78 is 25.8. The number of hydrogen-bond donors (Lipinski definition) is 2. The van der Waals surface area contributed by atoms with Crippen molar-refractivity contribution in [2.24, 2.45) is 22.2 Å². The maximum absolute atomic E-state index is 12.2. The molecule has 0 aromatic carbocycles. The lowest BCUT2D eigenvalue weighted by molar-refractivity contribution is 0.288. The molecule has 106 valence electrons. The molecular weight excluding hydrogens is 254 g/mol. The second-order valence-corrected chi connectivity index (χ2v) is 7.98. The Morgan fingerprint density at radius 1 is 1.39 bits per heavy atom. The van der Waals surface area contributed by atoms with Crippen LogP contribution in [0.2, 0.25) is 0 Å². The van der Waals surface area contributed by atoms with E-state index in [1.807, 2.05) is 20.8 Å². The Morgan fingerprint density at radius 2 is 1.89 bits per heavy atom. The zero-order chi connectivity index (χ0) is 14.0. The fourth-order valence-corrected chi connectivity index (χ4v) is 4.19. The lowest BCUT2D eigenvalue weighted by atomic mass is 9.97. The highest BCUT2D eigenvalue weighted by molar-refractivity contribution is 7.89. The van der Waals surface area contributed by atoms with Gasteiger partial charge in [0.2, 0.25) is 10.0 Å². The topological polar surface area (TPSA) is 96.0 Å². The molecule has 1 aliphatic rings. The first-order valence-electron chi connectivity index (χ1n) is 6.11. The van der Waals surface area contributed by atoms with Crippen molar-refractivity contribution in [2.75, 3.05) is 18.8 Å². The van der Waals surface area contributed by atoms with Gasteiger partial charge in [-0.15, -0.1) is 0 Å². The number of rotatable bonds is 3. The maximum Gasteiger partial charge on any atom is 0.214 e. The number of piperidine rings is 1. The third kappa shape index (κ3) is 4.13. The summed E-state index contributed by atoms with van der Waals surface area (Å²) in [7, 11) is -3.21. The summed E-state index contributed by atoms with van der Waals surface area (Å²) in [5, 5.41) is 11.6. The van der Waals surface area contributed by atoms with Gasteiger partial charge in [-0.25, -0.2) is 12.7 Å². The molecule has 0 aromatic heterocycles. The van der Waals surface area contributed by atoms with Gasteiger partial charge in [-0.3, -0.25) is 0 Å². The monoisotopic (exact) mass is 277 g/mol.